The van der Waals surface area contributed by atoms with Gasteiger partial charge >= 0.3 is 0 Å². The smallest absolute Gasteiger partial charge is 0.150 e. The minimum atomic E-state index is 0.735. The molecule has 1 aliphatic heterocycles. The highest BCUT2D eigenvalue weighted by Gasteiger charge is 2.15. The summed E-state index contributed by atoms with van der Waals surface area (Å²) in [7, 11) is 0. The zero-order valence-corrected chi connectivity index (χ0v) is 9.38. The molecule has 0 aromatic carbocycles. The second-order valence-electron chi connectivity index (χ2n) is 3.34. The largest absolute Gasteiger partial charge is 0.316 e. The summed E-state index contributed by atoms with van der Waals surface area (Å²) in [6, 6.07) is 0. The van der Waals surface area contributed by atoms with Crippen LogP contribution in [0.5, 0.6) is 0 Å². The van der Waals surface area contributed by atoms with Crippen molar-refractivity contribution >= 4 is 23.1 Å². The third-order valence-corrected chi connectivity index (χ3v) is 4.47. The SMILES string of the molecule is Cc1csc(S[C@@H]2CCCNC2)n1. The van der Waals surface area contributed by atoms with Crippen LogP contribution < -0.4 is 5.32 Å². The molecule has 0 amide bonds. The molecule has 0 spiro atoms. The van der Waals surface area contributed by atoms with Gasteiger partial charge < -0.3 is 5.32 Å². The molecule has 2 rings (SSSR count). The number of thioether (sulfide) groups is 1. The number of thiazole rings is 1. The first-order valence-electron chi connectivity index (χ1n) is 4.64. The van der Waals surface area contributed by atoms with Crippen LogP contribution in [0.15, 0.2) is 9.72 Å². The number of aromatic nitrogens is 1. The Hall–Kier alpha value is -0.0600. The zero-order chi connectivity index (χ0) is 9.10. The Morgan fingerprint density at radius 3 is 3.23 bits per heavy atom. The Morgan fingerprint density at radius 2 is 2.62 bits per heavy atom. The number of hydrogen-bond acceptors (Lipinski definition) is 4. The molecule has 1 aromatic rings. The molecule has 0 unspecified atom stereocenters. The molecular formula is C9H14N2S2. The van der Waals surface area contributed by atoms with E-state index in [2.05, 4.69) is 22.6 Å². The second-order valence-corrected chi connectivity index (χ2v) is 5.75. The maximum absolute atomic E-state index is 4.46. The fourth-order valence-corrected chi connectivity index (χ4v) is 3.71. The average molecular weight is 214 g/mol. The molecule has 2 heterocycles. The Kier molecular flexibility index (Phi) is 3.24. The van der Waals surface area contributed by atoms with Gasteiger partial charge in [0.05, 0.1) is 0 Å². The Bertz CT molecular complexity index is 266. The first kappa shape index (κ1) is 9.49. The molecule has 1 atom stereocenters. The van der Waals surface area contributed by atoms with Gasteiger partial charge in [0, 0.05) is 22.9 Å². The third kappa shape index (κ3) is 2.69. The topological polar surface area (TPSA) is 24.9 Å². The third-order valence-electron chi connectivity index (χ3n) is 2.12. The van der Waals surface area contributed by atoms with Crippen LogP contribution in [0.1, 0.15) is 18.5 Å². The van der Waals surface area contributed by atoms with E-state index in [0.717, 1.165) is 17.5 Å². The summed E-state index contributed by atoms with van der Waals surface area (Å²) in [5, 5.41) is 6.28. The maximum atomic E-state index is 4.46. The fourth-order valence-electron chi connectivity index (χ4n) is 1.45. The standard InChI is InChI=1S/C9H14N2S2/c1-7-6-12-9(11-7)13-8-3-2-4-10-5-8/h6,8,10H,2-5H2,1H3/t8-/m1/s1. The van der Waals surface area contributed by atoms with Crippen LogP contribution >= 0.6 is 23.1 Å². The second kappa shape index (κ2) is 4.44. The van der Waals surface area contributed by atoms with E-state index in [-0.39, 0.29) is 0 Å². The van der Waals surface area contributed by atoms with Gasteiger partial charge in [-0.3, -0.25) is 0 Å². The van der Waals surface area contributed by atoms with Gasteiger partial charge in [0.25, 0.3) is 0 Å². The minimum absolute atomic E-state index is 0.735. The van der Waals surface area contributed by atoms with E-state index in [0.29, 0.717) is 0 Å². The van der Waals surface area contributed by atoms with Gasteiger partial charge in [-0.2, -0.15) is 0 Å². The van der Waals surface area contributed by atoms with Crippen molar-refractivity contribution in [3.05, 3.63) is 11.1 Å². The van der Waals surface area contributed by atoms with Crippen molar-refractivity contribution in [3.8, 4) is 0 Å². The molecule has 72 valence electrons. The Morgan fingerprint density at radius 1 is 1.69 bits per heavy atom. The van der Waals surface area contributed by atoms with Crippen LogP contribution in [0.25, 0.3) is 0 Å². The van der Waals surface area contributed by atoms with E-state index < -0.39 is 0 Å². The van der Waals surface area contributed by atoms with Crippen LogP contribution in [0.4, 0.5) is 0 Å². The van der Waals surface area contributed by atoms with E-state index >= 15 is 0 Å². The van der Waals surface area contributed by atoms with Gasteiger partial charge in [-0.05, 0) is 26.3 Å². The summed E-state index contributed by atoms with van der Waals surface area (Å²) in [5.41, 5.74) is 1.15. The highest BCUT2D eigenvalue weighted by molar-refractivity contribution is 8.01. The number of piperidine rings is 1. The fraction of sp³-hybridized carbons (Fsp3) is 0.667. The van der Waals surface area contributed by atoms with Gasteiger partial charge in [-0.15, -0.1) is 11.3 Å². The Labute approximate surface area is 87.1 Å². The molecule has 1 fully saturated rings. The average Bonchev–Trinajstić information content (AvgIpc) is 2.53. The quantitative estimate of drug-likeness (QED) is 0.817. The molecule has 1 aromatic heterocycles. The number of hydrogen-bond donors (Lipinski definition) is 1. The van der Waals surface area contributed by atoms with Crippen LogP contribution in [0.3, 0.4) is 0 Å². The number of aryl methyl sites for hydroxylation is 1. The molecule has 1 N–H and O–H groups in total. The zero-order valence-electron chi connectivity index (χ0n) is 7.75. The van der Waals surface area contributed by atoms with Gasteiger partial charge in [-0.25, -0.2) is 4.98 Å². The van der Waals surface area contributed by atoms with E-state index in [1.165, 1.54) is 23.7 Å². The molecule has 0 aliphatic carbocycles. The van der Waals surface area contributed by atoms with E-state index in [1.54, 1.807) is 11.3 Å². The molecule has 1 saturated heterocycles. The van der Waals surface area contributed by atoms with Gasteiger partial charge in [0.1, 0.15) is 4.34 Å². The van der Waals surface area contributed by atoms with Gasteiger partial charge in [0.2, 0.25) is 0 Å². The highest BCUT2D eigenvalue weighted by atomic mass is 32.2. The molecule has 2 nitrogen and oxygen atoms in total. The monoisotopic (exact) mass is 214 g/mol. The van der Waals surface area contributed by atoms with Crippen LogP contribution in [-0.4, -0.2) is 23.3 Å². The summed E-state index contributed by atoms with van der Waals surface area (Å²) in [6.07, 6.45) is 2.64. The van der Waals surface area contributed by atoms with E-state index in [1.807, 2.05) is 11.8 Å². The van der Waals surface area contributed by atoms with Crippen molar-refractivity contribution in [1.82, 2.24) is 10.3 Å². The van der Waals surface area contributed by atoms with Crippen LogP contribution in [-0.2, 0) is 0 Å². The van der Waals surface area contributed by atoms with Crippen LogP contribution in [0.2, 0.25) is 0 Å². The molecular weight excluding hydrogens is 200 g/mol. The lowest BCUT2D eigenvalue weighted by Gasteiger charge is -2.20. The number of nitrogens with zero attached hydrogens (tertiary/aromatic N) is 1. The van der Waals surface area contributed by atoms with Crippen molar-refractivity contribution in [1.29, 1.82) is 0 Å². The van der Waals surface area contributed by atoms with Crippen molar-refractivity contribution in [2.75, 3.05) is 13.1 Å². The van der Waals surface area contributed by atoms with Gasteiger partial charge in [-0.1, -0.05) is 11.8 Å². The summed E-state index contributed by atoms with van der Waals surface area (Å²) in [6.45, 7) is 4.39. The van der Waals surface area contributed by atoms with Crippen molar-refractivity contribution < 1.29 is 0 Å². The first-order valence-corrected chi connectivity index (χ1v) is 6.40. The lowest BCUT2D eigenvalue weighted by atomic mass is 10.2. The summed E-state index contributed by atoms with van der Waals surface area (Å²) in [5.74, 6) is 0. The molecule has 4 heteroatoms. The van der Waals surface area contributed by atoms with Crippen molar-refractivity contribution in [3.63, 3.8) is 0 Å². The molecule has 0 bridgehead atoms. The van der Waals surface area contributed by atoms with Gasteiger partial charge in [0.15, 0.2) is 0 Å². The lowest BCUT2D eigenvalue weighted by Crippen LogP contribution is -2.31. The Balaban J connectivity index is 1.89. The van der Waals surface area contributed by atoms with Crippen molar-refractivity contribution in [2.45, 2.75) is 29.4 Å². The molecule has 13 heavy (non-hydrogen) atoms. The molecule has 0 radical (unpaired) electrons. The van der Waals surface area contributed by atoms with Crippen LogP contribution in [0, 0.1) is 6.92 Å². The van der Waals surface area contributed by atoms with E-state index in [4.69, 9.17) is 0 Å². The summed E-state index contributed by atoms with van der Waals surface area (Å²) >= 11 is 3.70. The maximum Gasteiger partial charge on any atom is 0.150 e. The predicted octanol–water partition coefficient (Wildman–Crippen LogP) is 2.30. The number of rotatable bonds is 2. The van der Waals surface area contributed by atoms with Crippen molar-refractivity contribution in [2.24, 2.45) is 0 Å². The normalized spacial score (nSPS) is 23.3. The first-order chi connectivity index (χ1) is 6.34. The minimum Gasteiger partial charge on any atom is -0.316 e. The summed E-state index contributed by atoms with van der Waals surface area (Å²) < 4.78 is 1.23. The predicted molar refractivity (Wildman–Crippen MR) is 58.6 cm³/mol. The highest BCUT2D eigenvalue weighted by Crippen LogP contribution is 2.29. The molecule has 0 saturated carbocycles. The number of nitrogens with one attached hydrogen (secondary N) is 1. The molecule has 1 aliphatic rings. The lowest BCUT2D eigenvalue weighted by molar-refractivity contribution is 0.531. The summed E-state index contributed by atoms with van der Waals surface area (Å²) in [4.78, 5) is 4.46. The van der Waals surface area contributed by atoms with E-state index in [9.17, 15) is 0 Å².